The summed E-state index contributed by atoms with van der Waals surface area (Å²) in [4.78, 5) is 0. The van der Waals surface area contributed by atoms with Crippen molar-refractivity contribution in [1.29, 1.82) is 0 Å². The molecule has 0 bridgehead atoms. The van der Waals surface area contributed by atoms with Gasteiger partial charge in [0.1, 0.15) is 5.75 Å². The van der Waals surface area contributed by atoms with E-state index in [1.54, 1.807) is 0 Å². The van der Waals surface area contributed by atoms with Crippen LogP contribution in [0.2, 0.25) is 0 Å². The number of ether oxygens (including phenoxy) is 1. The minimum absolute atomic E-state index is 0.607. The van der Waals surface area contributed by atoms with E-state index in [0.29, 0.717) is 5.92 Å². The molecule has 0 spiro atoms. The van der Waals surface area contributed by atoms with E-state index in [2.05, 4.69) is 52.1 Å². The summed E-state index contributed by atoms with van der Waals surface area (Å²) in [6.07, 6.45) is 4.87. The Kier molecular flexibility index (Phi) is 7.61. The van der Waals surface area contributed by atoms with Crippen LogP contribution in [0.3, 0.4) is 0 Å². The Labute approximate surface area is 176 Å². The van der Waals surface area contributed by atoms with Gasteiger partial charge in [-0.05, 0) is 48.7 Å². The number of fused-ring (bicyclic) bond motifs is 1. The number of unbranched alkanes of at least 4 members (excludes halogenated alkanes) is 1. The Morgan fingerprint density at radius 1 is 0.893 bits per heavy atom. The number of nitrogens with zero attached hydrogens (tertiary/aromatic N) is 2. The minimum Gasteiger partial charge on any atom is -0.493 e. The lowest BCUT2D eigenvalue weighted by atomic mass is 10.0. The van der Waals surface area contributed by atoms with Gasteiger partial charge in [0.2, 0.25) is 0 Å². The number of hydrogen-bond acceptors (Lipinski definition) is 3. The van der Waals surface area contributed by atoms with Crippen molar-refractivity contribution in [2.45, 2.75) is 39.5 Å². The molecule has 3 rings (SSSR count). The van der Waals surface area contributed by atoms with Gasteiger partial charge in [-0.15, -0.1) is 5.11 Å². The summed E-state index contributed by atoms with van der Waals surface area (Å²) >= 11 is 3.44. The van der Waals surface area contributed by atoms with E-state index in [4.69, 9.17) is 4.74 Å². The minimum atomic E-state index is 0.607. The lowest BCUT2D eigenvalue weighted by Crippen LogP contribution is -2.11. The highest BCUT2D eigenvalue weighted by atomic mass is 79.9. The van der Waals surface area contributed by atoms with E-state index in [-0.39, 0.29) is 0 Å². The van der Waals surface area contributed by atoms with Gasteiger partial charge < -0.3 is 4.74 Å². The molecule has 0 aliphatic rings. The van der Waals surface area contributed by atoms with Crippen molar-refractivity contribution in [2.24, 2.45) is 16.1 Å². The maximum atomic E-state index is 6.22. The molecule has 0 aromatic heterocycles. The molecule has 0 aliphatic heterocycles. The number of azo groups is 1. The van der Waals surface area contributed by atoms with Gasteiger partial charge >= 0.3 is 0 Å². The smallest absolute Gasteiger partial charge is 0.127 e. The van der Waals surface area contributed by atoms with Crippen LogP contribution < -0.4 is 4.74 Å². The molecule has 0 radical (unpaired) electrons. The third kappa shape index (κ3) is 5.41. The monoisotopic (exact) mass is 438 g/mol. The standard InChI is InChI=1S/C24H27BrN2O/c1-3-5-8-18(4-2)17-28-24-16-15-23(21-9-6-7-10-22(21)24)27-26-20-13-11-19(25)12-14-20/h6-7,9-16,18H,3-5,8,17H2,1-2H3. The molecular formula is C24H27BrN2O. The summed E-state index contributed by atoms with van der Waals surface area (Å²) in [5, 5.41) is 11.0. The summed E-state index contributed by atoms with van der Waals surface area (Å²) in [6, 6.07) is 20.1. The predicted octanol–water partition coefficient (Wildman–Crippen LogP) is 8.61. The highest BCUT2D eigenvalue weighted by Gasteiger charge is 2.10. The second-order valence-corrected chi connectivity index (χ2v) is 7.95. The summed E-state index contributed by atoms with van der Waals surface area (Å²) in [7, 11) is 0. The molecule has 28 heavy (non-hydrogen) atoms. The molecule has 1 atom stereocenters. The third-order valence-electron chi connectivity index (χ3n) is 4.98. The first-order chi connectivity index (χ1) is 13.7. The highest BCUT2D eigenvalue weighted by Crippen LogP contribution is 2.34. The Bertz CT molecular complexity index is 922. The first-order valence-corrected chi connectivity index (χ1v) is 10.8. The van der Waals surface area contributed by atoms with Gasteiger partial charge in [0.15, 0.2) is 0 Å². The molecule has 3 aromatic carbocycles. The molecule has 0 aliphatic carbocycles. The zero-order valence-electron chi connectivity index (χ0n) is 16.6. The molecule has 0 saturated heterocycles. The van der Waals surface area contributed by atoms with Crippen molar-refractivity contribution in [3.63, 3.8) is 0 Å². The molecule has 0 N–H and O–H groups in total. The average molecular weight is 439 g/mol. The van der Waals surface area contributed by atoms with Gasteiger partial charge in [-0.2, -0.15) is 5.11 Å². The molecule has 0 amide bonds. The van der Waals surface area contributed by atoms with Crippen LogP contribution in [-0.4, -0.2) is 6.61 Å². The lowest BCUT2D eigenvalue weighted by Gasteiger charge is -2.17. The summed E-state index contributed by atoms with van der Waals surface area (Å²) in [5.41, 5.74) is 1.68. The Hall–Kier alpha value is -2.20. The zero-order valence-corrected chi connectivity index (χ0v) is 18.2. The fraction of sp³-hybridized carbons (Fsp3) is 0.333. The molecule has 3 nitrogen and oxygen atoms in total. The van der Waals surface area contributed by atoms with Crippen LogP contribution in [0.5, 0.6) is 5.75 Å². The van der Waals surface area contributed by atoms with Crippen LogP contribution in [0.25, 0.3) is 10.8 Å². The van der Waals surface area contributed by atoms with Crippen molar-refractivity contribution in [1.82, 2.24) is 0 Å². The van der Waals surface area contributed by atoms with E-state index in [1.807, 2.05) is 48.5 Å². The van der Waals surface area contributed by atoms with E-state index in [0.717, 1.165) is 45.4 Å². The molecule has 3 aromatic rings. The van der Waals surface area contributed by atoms with Crippen LogP contribution in [-0.2, 0) is 0 Å². The first kappa shape index (κ1) is 20.5. The molecule has 4 heteroatoms. The van der Waals surface area contributed by atoms with Crippen LogP contribution in [0.1, 0.15) is 39.5 Å². The normalized spacial score (nSPS) is 12.5. The molecular weight excluding hydrogens is 412 g/mol. The lowest BCUT2D eigenvalue weighted by molar-refractivity contribution is 0.235. The van der Waals surface area contributed by atoms with Gasteiger partial charge in [0.25, 0.3) is 0 Å². The van der Waals surface area contributed by atoms with E-state index in [9.17, 15) is 0 Å². The average Bonchev–Trinajstić information content (AvgIpc) is 2.74. The fourth-order valence-corrected chi connectivity index (χ4v) is 3.46. The highest BCUT2D eigenvalue weighted by molar-refractivity contribution is 9.10. The maximum Gasteiger partial charge on any atom is 0.127 e. The number of hydrogen-bond donors (Lipinski definition) is 0. The Morgan fingerprint density at radius 2 is 1.64 bits per heavy atom. The number of halogens is 1. The molecule has 0 fully saturated rings. The topological polar surface area (TPSA) is 34.0 Å². The molecule has 0 saturated carbocycles. The second kappa shape index (κ2) is 10.4. The molecule has 0 heterocycles. The summed E-state index contributed by atoms with van der Waals surface area (Å²) < 4.78 is 7.25. The van der Waals surface area contributed by atoms with E-state index in [1.165, 1.54) is 19.3 Å². The Morgan fingerprint density at radius 3 is 2.36 bits per heavy atom. The quantitative estimate of drug-likeness (QED) is 0.307. The predicted molar refractivity (Wildman–Crippen MR) is 121 cm³/mol. The number of benzene rings is 3. The van der Waals surface area contributed by atoms with Crippen LogP contribution >= 0.6 is 15.9 Å². The molecule has 146 valence electrons. The Balaban J connectivity index is 1.81. The fourth-order valence-electron chi connectivity index (χ4n) is 3.19. The van der Waals surface area contributed by atoms with Crippen molar-refractivity contribution in [3.8, 4) is 5.75 Å². The van der Waals surface area contributed by atoms with Crippen molar-refractivity contribution in [3.05, 3.63) is 65.1 Å². The maximum absolute atomic E-state index is 6.22. The van der Waals surface area contributed by atoms with E-state index >= 15 is 0 Å². The van der Waals surface area contributed by atoms with Crippen molar-refractivity contribution >= 4 is 38.1 Å². The third-order valence-corrected chi connectivity index (χ3v) is 5.51. The van der Waals surface area contributed by atoms with Crippen LogP contribution in [0.15, 0.2) is 75.4 Å². The van der Waals surface area contributed by atoms with Crippen molar-refractivity contribution in [2.75, 3.05) is 6.61 Å². The van der Waals surface area contributed by atoms with Gasteiger partial charge in [-0.1, -0.05) is 73.3 Å². The molecule has 1 unspecified atom stereocenters. The zero-order chi connectivity index (χ0) is 19.8. The van der Waals surface area contributed by atoms with E-state index < -0.39 is 0 Å². The summed E-state index contributed by atoms with van der Waals surface area (Å²) in [6.45, 7) is 5.25. The SMILES string of the molecule is CCCCC(CC)COc1ccc(N=Nc2ccc(Br)cc2)c2ccccc12. The van der Waals surface area contributed by atoms with Gasteiger partial charge in [0, 0.05) is 15.2 Å². The van der Waals surface area contributed by atoms with Crippen molar-refractivity contribution < 1.29 is 4.74 Å². The second-order valence-electron chi connectivity index (χ2n) is 7.03. The van der Waals surface area contributed by atoms with Crippen LogP contribution in [0, 0.1) is 5.92 Å². The first-order valence-electron chi connectivity index (χ1n) is 10.0. The summed E-state index contributed by atoms with van der Waals surface area (Å²) in [5.74, 6) is 1.53. The largest absolute Gasteiger partial charge is 0.493 e. The van der Waals surface area contributed by atoms with Gasteiger partial charge in [-0.3, -0.25) is 0 Å². The van der Waals surface area contributed by atoms with Gasteiger partial charge in [0.05, 0.1) is 18.0 Å². The van der Waals surface area contributed by atoms with Crippen LogP contribution in [0.4, 0.5) is 11.4 Å². The van der Waals surface area contributed by atoms with Gasteiger partial charge in [-0.25, -0.2) is 0 Å². The number of rotatable bonds is 9.